The van der Waals surface area contributed by atoms with E-state index in [1.54, 1.807) is 0 Å². The van der Waals surface area contributed by atoms with Crippen LogP contribution in [-0.4, -0.2) is 37.5 Å². The summed E-state index contributed by atoms with van der Waals surface area (Å²) in [5.74, 6) is -0.288. The molecular weight excluding hydrogens is 359 g/mol. The lowest BCUT2D eigenvalue weighted by Crippen LogP contribution is -2.18. The van der Waals surface area contributed by atoms with Crippen molar-refractivity contribution >= 4 is 9.84 Å². The van der Waals surface area contributed by atoms with E-state index in [1.165, 1.54) is 31.2 Å². The molecule has 136 valence electrons. The minimum absolute atomic E-state index is 0.0140. The molecule has 0 fully saturated rings. The van der Waals surface area contributed by atoms with Crippen LogP contribution in [0.2, 0.25) is 0 Å². The smallest absolute Gasteiger partial charge is 0.417 e. The molecule has 0 bridgehead atoms. The number of hydrogen-bond donors (Lipinski definition) is 1. The first kappa shape index (κ1) is 19.2. The van der Waals surface area contributed by atoms with Gasteiger partial charge in [0.05, 0.1) is 22.6 Å². The summed E-state index contributed by atoms with van der Waals surface area (Å²) in [6.45, 7) is 1.09. The quantitative estimate of drug-likeness (QED) is 0.870. The highest BCUT2D eigenvalue weighted by atomic mass is 32.2. The number of aliphatic hydroxyl groups is 1. The van der Waals surface area contributed by atoms with Crippen LogP contribution in [0.3, 0.4) is 0 Å². The summed E-state index contributed by atoms with van der Waals surface area (Å²) in [6, 6.07) is 5.78. The number of hydrogen-bond acceptors (Lipinski definition) is 5. The van der Waals surface area contributed by atoms with Crippen molar-refractivity contribution in [3.8, 4) is 17.0 Å². The maximum Gasteiger partial charge on any atom is 0.417 e. The maximum atomic E-state index is 13.4. The third-order valence-corrected chi connectivity index (χ3v) is 4.49. The Balaban J connectivity index is 2.64. The van der Waals surface area contributed by atoms with E-state index in [2.05, 4.69) is 4.98 Å². The average Bonchev–Trinajstić information content (AvgIpc) is 2.53. The van der Waals surface area contributed by atoms with E-state index in [4.69, 9.17) is 9.84 Å². The first-order valence-corrected chi connectivity index (χ1v) is 9.07. The van der Waals surface area contributed by atoms with Gasteiger partial charge >= 0.3 is 6.18 Å². The first-order valence-electron chi connectivity index (χ1n) is 7.18. The predicted octanol–water partition coefficient (Wildman–Crippen LogP) is 2.93. The highest BCUT2D eigenvalue weighted by Gasteiger charge is 2.36. The lowest BCUT2D eigenvalue weighted by Gasteiger charge is -2.19. The summed E-state index contributed by atoms with van der Waals surface area (Å²) >= 11 is 0. The number of aromatic nitrogens is 1. The summed E-state index contributed by atoms with van der Waals surface area (Å²) in [6.07, 6.45) is -3.44. The Morgan fingerprint density at radius 3 is 2.28 bits per heavy atom. The molecule has 2 aromatic rings. The van der Waals surface area contributed by atoms with E-state index in [1.807, 2.05) is 0 Å². The zero-order chi connectivity index (χ0) is 18.8. The molecule has 9 heteroatoms. The van der Waals surface area contributed by atoms with Crippen LogP contribution < -0.4 is 4.74 Å². The molecule has 0 saturated carbocycles. The van der Waals surface area contributed by atoms with Crippen LogP contribution in [0.5, 0.6) is 5.88 Å². The fourth-order valence-electron chi connectivity index (χ4n) is 2.14. The van der Waals surface area contributed by atoms with Crippen LogP contribution in [0.25, 0.3) is 11.1 Å². The lowest BCUT2D eigenvalue weighted by atomic mass is 10.0. The molecule has 1 atom stereocenters. The number of pyridine rings is 1. The average molecular weight is 375 g/mol. The number of rotatable bonds is 5. The molecule has 5 nitrogen and oxygen atoms in total. The van der Waals surface area contributed by atoms with Crippen molar-refractivity contribution in [1.82, 2.24) is 4.98 Å². The molecule has 0 amide bonds. The Hall–Kier alpha value is -2.13. The molecule has 0 radical (unpaired) electrons. The Bertz CT molecular complexity index is 849. The van der Waals surface area contributed by atoms with Crippen LogP contribution in [-0.2, 0) is 16.0 Å². The van der Waals surface area contributed by atoms with Crippen molar-refractivity contribution in [2.75, 3.05) is 12.9 Å². The normalized spacial score (nSPS) is 13.5. The summed E-state index contributed by atoms with van der Waals surface area (Å²) in [5, 5.41) is 9.07. The molecule has 0 spiro atoms. The van der Waals surface area contributed by atoms with E-state index in [-0.39, 0.29) is 21.9 Å². The van der Waals surface area contributed by atoms with Gasteiger partial charge in [-0.05, 0) is 30.7 Å². The van der Waals surface area contributed by atoms with E-state index < -0.39 is 34.3 Å². The second-order valence-electron chi connectivity index (χ2n) is 5.44. The minimum atomic E-state index is -4.66. The standard InChI is InChI=1S/C16H16F3NO4S/c1-10(9-21)24-15-14(13(7-8-20-15)16(17,18)19)11-3-5-12(6-4-11)25(2,22)23/h3-8,10,21H,9H2,1-2H3/t10-/m1/s1. The maximum absolute atomic E-state index is 13.4. The van der Waals surface area contributed by atoms with Crippen molar-refractivity contribution in [2.45, 2.75) is 24.1 Å². The highest BCUT2D eigenvalue weighted by Crippen LogP contribution is 2.41. The molecule has 0 unspecified atom stereocenters. The third kappa shape index (κ3) is 4.49. The number of halogens is 3. The van der Waals surface area contributed by atoms with Gasteiger partial charge in [0.15, 0.2) is 9.84 Å². The number of nitrogens with zero attached hydrogens (tertiary/aromatic N) is 1. The van der Waals surface area contributed by atoms with Crippen molar-refractivity contribution in [2.24, 2.45) is 0 Å². The van der Waals surface area contributed by atoms with E-state index >= 15 is 0 Å². The molecule has 1 N–H and O–H groups in total. The zero-order valence-corrected chi connectivity index (χ0v) is 14.2. The molecule has 25 heavy (non-hydrogen) atoms. The number of alkyl halides is 3. The Labute approximate surface area is 143 Å². The summed E-state index contributed by atoms with van der Waals surface area (Å²) in [7, 11) is -3.48. The van der Waals surface area contributed by atoms with Crippen LogP contribution in [0.1, 0.15) is 12.5 Å². The van der Waals surface area contributed by atoms with Gasteiger partial charge in [0, 0.05) is 12.5 Å². The largest absolute Gasteiger partial charge is 0.472 e. The molecular formula is C16H16F3NO4S. The van der Waals surface area contributed by atoms with Gasteiger partial charge < -0.3 is 9.84 Å². The second-order valence-corrected chi connectivity index (χ2v) is 7.46. The Morgan fingerprint density at radius 1 is 1.20 bits per heavy atom. The fraction of sp³-hybridized carbons (Fsp3) is 0.312. The summed E-state index contributed by atoms with van der Waals surface area (Å²) in [4.78, 5) is 3.82. The van der Waals surface area contributed by atoms with Gasteiger partial charge in [0.1, 0.15) is 6.10 Å². The van der Waals surface area contributed by atoms with Gasteiger partial charge in [-0.3, -0.25) is 0 Å². The van der Waals surface area contributed by atoms with Crippen LogP contribution in [0, 0.1) is 0 Å². The van der Waals surface area contributed by atoms with Gasteiger partial charge in [0.2, 0.25) is 5.88 Å². The lowest BCUT2D eigenvalue weighted by molar-refractivity contribution is -0.137. The van der Waals surface area contributed by atoms with Crippen molar-refractivity contribution in [3.63, 3.8) is 0 Å². The van der Waals surface area contributed by atoms with Crippen LogP contribution in [0.15, 0.2) is 41.4 Å². The Kier molecular flexibility index (Phi) is 5.38. The predicted molar refractivity (Wildman–Crippen MR) is 85.0 cm³/mol. The molecule has 0 aliphatic heterocycles. The number of ether oxygens (including phenoxy) is 1. The van der Waals surface area contributed by atoms with E-state index in [0.717, 1.165) is 18.5 Å². The van der Waals surface area contributed by atoms with Crippen LogP contribution >= 0.6 is 0 Å². The number of aliphatic hydroxyl groups excluding tert-OH is 1. The fourth-order valence-corrected chi connectivity index (χ4v) is 2.77. The van der Waals surface area contributed by atoms with Gasteiger partial charge in [-0.2, -0.15) is 13.2 Å². The SMILES string of the molecule is C[C@H](CO)Oc1nccc(C(F)(F)F)c1-c1ccc(S(C)(=O)=O)cc1. The van der Waals surface area contributed by atoms with E-state index in [9.17, 15) is 21.6 Å². The topological polar surface area (TPSA) is 76.5 Å². The molecule has 1 heterocycles. The third-order valence-electron chi connectivity index (χ3n) is 3.36. The highest BCUT2D eigenvalue weighted by molar-refractivity contribution is 7.90. The molecule has 0 aliphatic rings. The molecule has 1 aromatic carbocycles. The van der Waals surface area contributed by atoms with E-state index in [0.29, 0.717) is 0 Å². The monoisotopic (exact) mass is 375 g/mol. The number of benzene rings is 1. The summed E-state index contributed by atoms with van der Waals surface area (Å²) < 4.78 is 68.4. The van der Waals surface area contributed by atoms with Crippen LogP contribution in [0.4, 0.5) is 13.2 Å². The van der Waals surface area contributed by atoms with Gasteiger partial charge in [-0.15, -0.1) is 0 Å². The van der Waals surface area contributed by atoms with Gasteiger partial charge in [-0.1, -0.05) is 12.1 Å². The van der Waals surface area contributed by atoms with Crippen molar-refractivity contribution in [3.05, 3.63) is 42.1 Å². The van der Waals surface area contributed by atoms with Crippen molar-refractivity contribution in [1.29, 1.82) is 0 Å². The molecule has 0 saturated heterocycles. The van der Waals surface area contributed by atoms with Crippen molar-refractivity contribution < 1.29 is 31.4 Å². The zero-order valence-electron chi connectivity index (χ0n) is 13.4. The van der Waals surface area contributed by atoms with Gasteiger partial charge in [0.25, 0.3) is 0 Å². The molecule has 0 aliphatic carbocycles. The second kappa shape index (κ2) is 7.01. The molecule has 1 aromatic heterocycles. The molecule has 2 rings (SSSR count). The Morgan fingerprint density at radius 2 is 1.80 bits per heavy atom. The van der Waals surface area contributed by atoms with Gasteiger partial charge in [-0.25, -0.2) is 13.4 Å². The number of sulfone groups is 1. The first-order chi connectivity index (χ1) is 11.5. The summed E-state index contributed by atoms with van der Waals surface area (Å²) in [5.41, 5.74) is -1.17. The minimum Gasteiger partial charge on any atom is -0.472 e.